The number of nitrogens with zero attached hydrogens (tertiary/aromatic N) is 2. The maximum atomic E-state index is 5.94. The molecule has 0 aliphatic carbocycles. The first-order valence-corrected chi connectivity index (χ1v) is 6.27. The molecule has 0 aliphatic heterocycles. The Morgan fingerprint density at radius 3 is 2.83 bits per heavy atom. The van der Waals surface area contributed by atoms with Crippen LogP contribution in [0.1, 0.15) is 26.2 Å². The van der Waals surface area contributed by atoms with Gasteiger partial charge in [0.25, 0.3) is 0 Å². The number of halogens is 1. The third-order valence-electron chi connectivity index (χ3n) is 3.26. The van der Waals surface area contributed by atoms with Gasteiger partial charge in [-0.25, -0.2) is 0 Å². The summed E-state index contributed by atoms with van der Waals surface area (Å²) in [5, 5.41) is 4.64. The summed E-state index contributed by atoms with van der Waals surface area (Å²) in [5.74, 6) is 1.11. The summed E-state index contributed by atoms with van der Waals surface area (Å²) < 4.78 is 5.32. The van der Waals surface area contributed by atoms with Crippen LogP contribution in [0.4, 0.5) is 0 Å². The first kappa shape index (κ1) is 13.1. The van der Waals surface area contributed by atoms with Crippen LogP contribution in [-0.2, 0) is 5.41 Å². The van der Waals surface area contributed by atoms with E-state index < -0.39 is 0 Å². The second-order valence-corrected chi connectivity index (χ2v) is 4.99. The topological polar surface area (TPSA) is 64.9 Å². The zero-order valence-electron chi connectivity index (χ0n) is 10.5. The average Bonchev–Trinajstić information content (AvgIpc) is 2.88. The van der Waals surface area contributed by atoms with Gasteiger partial charge >= 0.3 is 0 Å². The fourth-order valence-corrected chi connectivity index (χ4v) is 1.79. The Bertz CT molecular complexity index is 535. The molecule has 0 spiro atoms. The Balaban J connectivity index is 2.36. The SMILES string of the molecule is CCC(C)(CN)c1nc(-c2cccc(Cl)c2)no1. The highest BCUT2D eigenvalue weighted by Gasteiger charge is 2.29. The van der Waals surface area contributed by atoms with Crippen LogP contribution in [0.15, 0.2) is 28.8 Å². The van der Waals surface area contributed by atoms with Gasteiger partial charge in [0, 0.05) is 17.1 Å². The normalized spacial score (nSPS) is 14.4. The molecule has 2 aromatic rings. The fourth-order valence-electron chi connectivity index (χ4n) is 1.60. The van der Waals surface area contributed by atoms with Crippen LogP contribution in [-0.4, -0.2) is 16.7 Å². The number of rotatable bonds is 4. The Morgan fingerprint density at radius 2 is 2.22 bits per heavy atom. The molecule has 1 heterocycles. The van der Waals surface area contributed by atoms with E-state index in [9.17, 15) is 0 Å². The van der Waals surface area contributed by atoms with Crippen molar-refractivity contribution in [3.63, 3.8) is 0 Å². The highest BCUT2D eigenvalue weighted by molar-refractivity contribution is 6.30. The number of aromatic nitrogens is 2. The molecule has 2 N–H and O–H groups in total. The van der Waals surface area contributed by atoms with Gasteiger partial charge in [-0.1, -0.05) is 35.8 Å². The molecule has 18 heavy (non-hydrogen) atoms. The molecule has 0 aliphatic rings. The van der Waals surface area contributed by atoms with Gasteiger partial charge in [0.1, 0.15) is 0 Å². The van der Waals surface area contributed by atoms with E-state index >= 15 is 0 Å². The first-order chi connectivity index (χ1) is 8.59. The van der Waals surface area contributed by atoms with Crippen molar-refractivity contribution in [1.82, 2.24) is 10.1 Å². The maximum absolute atomic E-state index is 5.94. The molecular formula is C13H16ClN3O. The van der Waals surface area contributed by atoms with E-state index in [4.69, 9.17) is 21.9 Å². The van der Waals surface area contributed by atoms with E-state index in [1.54, 1.807) is 0 Å². The minimum absolute atomic E-state index is 0.274. The van der Waals surface area contributed by atoms with Crippen molar-refractivity contribution in [1.29, 1.82) is 0 Å². The van der Waals surface area contributed by atoms with E-state index in [-0.39, 0.29) is 5.41 Å². The van der Waals surface area contributed by atoms with Gasteiger partial charge < -0.3 is 10.3 Å². The summed E-state index contributed by atoms with van der Waals surface area (Å²) in [6, 6.07) is 7.37. The van der Waals surface area contributed by atoms with Crippen LogP contribution in [0, 0.1) is 0 Å². The number of nitrogens with two attached hydrogens (primary N) is 1. The van der Waals surface area contributed by atoms with Gasteiger partial charge in [0.15, 0.2) is 0 Å². The lowest BCUT2D eigenvalue weighted by Crippen LogP contribution is -2.31. The highest BCUT2D eigenvalue weighted by Crippen LogP contribution is 2.27. The Morgan fingerprint density at radius 1 is 1.44 bits per heavy atom. The molecule has 1 unspecified atom stereocenters. The maximum Gasteiger partial charge on any atom is 0.234 e. The summed E-state index contributed by atoms with van der Waals surface area (Å²) >= 11 is 5.94. The van der Waals surface area contributed by atoms with Crippen LogP contribution in [0.2, 0.25) is 5.02 Å². The zero-order valence-corrected chi connectivity index (χ0v) is 11.2. The monoisotopic (exact) mass is 265 g/mol. The Labute approximate surface area is 111 Å². The van der Waals surface area contributed by atoms with Gasteiger partial charge in [0.05, 0.1) is 5.41 Å². The molecule has 0 fully saturated rings. The Hall–Kier alpha value is -1.39. The van der Waals surface area contributed by atoms with Gasteiger partial charge in [-0.3, -0.25) is 0 Å². The molecular weight excluding hydrogens is 250 g/mol. The highest BCUT2D eigenvalue weighted by atomic mass is 35.5. The summed E-state index contributed by atoms with van der Waals surface area (Å²) in [5.41, 5.74) is 6.34. The van der Waals surface area contributed by atoms with Crippen LogP contribution in [0.25, 0.3) is 11.4 Å². The van der Waals surface area contributed by atoms with Crippen LogP contribution in [0.5, 0.6) is 0 Å². The molecule has 0 bridgehead atoms. The molecule has 1 atom stereocenters. The Kier molecular flexibility index (Phi) is 3.68. The largest absolute Gasteiger partial charge is 0.338 e. The lowest BCUT2D eigenvalue weighted by atomic mass is 9.88. The summed E-state index contributed by atoms with van der Waals surface area (Å²) in [6.07, 6.45) is 0.848. The standard InChI is InChI=1S/C13H16ClN3O/c1-3-13(2,8-15)12-16-11(17-18-12)9-5-4-6-10(14)7-9/h4-7H,3,8,15H2,1-2H3. The number of hydrogen-bond donors (Lipinski definition) is 1. The van der Waals surface area contributed by atoms with Crippen molar-refractivity contribution in [2.45, 2.75) is 25.7 Å². The zero-order chi connectivity index (χ0) is 13.2. The van der Waals surface area contributed by atoms with E-state index in [1.807, 2.05) is 31.2 Å². The van der Waals surface area contributed by atoms with Gasteiger partial charge in [-0.2, -0.15) is 4.98 Å². The molecule has 0 saturated heterocycles. The number of benzene rings is 1. The molecule has 1 aromatic carbocycles. The minimum atomic E-state index is -0.274. The van der Waals surface area contributed by atoms with Crippen LogP contribution in [0.3, 0.4) is 0 Å². The predicted octanol–water partition coefficient (Wildman–Crippen LogP) is 3.02. The number of hydrogen-bond acceptors (Lipinski definition) is 4. The van der Waals surface area contributed by atoms with Crippen molar-refractivity contribution < 1.29 is 4.52 Å². The summed E-state index contributed by atoms with van der Waals surface area (Å²) in [4.78, 5) is 4.42. The molecule has 1 aromatic heterocycles. The van der Waals surface area contributed by atoms with Crippen molar-refractivity contribution in [3.8, 4) is 11.4 Å². The third kappa shape index (κ3) is 2.40. The molecule has 2 rings (SSSR count). The molecule has 0 amide bonds. The summed E-state index contributed by atoms with van der Waals surface area (Å²) in [6.45, 7) is 4.54. The predicted molar refractivity (Wildman–Crippen MR) is 71.4 cm³/mol. The van der Waals surface area contributed by atoms with Crippen LogP contribution < -0.4 is 5.73 Å². The van der Waals surface area contributed by atoms with E-state index in [2.05, 4.69) is 17.1 Å². The second kappa shape index (κ2) is 5.08. The fraction of sp³-hybridized carbons (Fsp3) is 0.385. The van der Waals surface area contributed by atoms with Crippen LogP contribution >= 0.6 is 11.6 Å². The van der Waals surface area contributed by atoms with Crippen molar-refractivity contribution >= 4 is 11.6 Å². The molecule has 0 saturated carbocycles. The molecule has 96 valence electrons. The van der Waals surface area contributed by atoms with E-state index in [0.717, 1.165) is 12.0 Å². The average molecular weight is 266 g/mol. The molecule has 5 heteroatoms. The molecule has 4 nitrogen and oxygen atoms in total. The minimum Gasteiger partial charge on any atom is -0.338 e. The van der Waals surface area contributed by atoms with E-state index in [0.29, 0.717) is 23.3 Å². The van der Waals surface area contributed by atoms with E-state index in [1.165, 1.54) is 0 Å². The second-order valence-electron chi connectivity index (χ2n) is 4.55. The van der Waals surface area contributed by atoms with Gasteiger partial charge in [-0.05, 0) is 25.5 Å². The van der Waals surface area contributed by atoms with Crippen molar-refractivity contribution in [3.05, 3.63) is 35.2 Å². The van der Waals surface area contributed by atoms with Crippen molar-refractivity contribution in [2.75, 3.05) is 6.54 Å². The smallest absolute Gasteiger partial charge is 0.234 e. The first-order valence-electron chi connectivity index (χ1n) is 5.89. The molecule has 0 radical (unpaired) electrons. The lowest BCUT2D eigenvalue weighted by Gasteiger charge is -2.20. The van der Waals surface area contributed by atoms with Gasteiger partial charge in [-0.15, -0.1) is 0 Å². The van der Waals surface area contributed by atoms with Crippen molar-refractivity contribution in [2.24, 2.45) is 5.73 Å². The quantitative estimate of drug-likeness (QED) is 0.923. The van der Waals surface area contributed by atoms with Gasteiger partial charge in [0.2, 0.25) is 11.7 Å². The lowest BCUT2D eigenvalue weighted by molar-refractivity contribution is 0.291. The summed E-state index contributed by atoms with van der Waals surface area (Å²) in [7, 11) is 0. The third-order valence-corrected chi connectivity index (χ3v) is 3.49.